The second-order valence-corrected chi connectivity index (χ2v) is 17.0. The van der Waals surface area contributed by atoms with E-state index in [1.165, 1.54) is 82.3 Å². The SMILES string of the molecule is c1cc(-c2ccc(-c3cnc4c5ccccc5c5ccccc5c4n3)cc2)cc(-c2ccc(-n3c4ccccc4c4cc(-c5ccc(-c6ccc7ccccc7c6)cc5)ccc43)cc2)c1. The second-order valence-electron chi connectivity index (χ2n) is 17.0. The zero-order valence-corrected chi connectivity index (χ0v) is 35.4. The maximum atomic E-state index is 5.21. The number of benzene rings is 11. The van der Waals surface area contributed by atoms with Gasteiger partial charge in [0, 0.05) is 32.8 Å². The third kappa shape index (κ3) is 6.28. The van der Waals surface area contributed by atoms with Crippen LogP contribution in [0.5, 0.6) is 0 Å². The first-order valence-corrected chi connectivity index (χ1v) is 22.2. The van der Waals surface area contributed by atoms with E-state index >= 15 is 0 Å². The van der Waals surface area contributed by atoms with Gasteiger partial charge in [0.05, 0.1) is 34.0 Å². The molecule has 0 amide bonds. The van der Waals surface area contributed by atoms with Crippen molar-refractivity contribution in [1.29, 1.82) is 0 Å². The molecule has 0 fully saturated rings. The van der Waals surface area contributed by atoms with Crippen LogP contribution in [0.15, 0.2) is 237 Å². The van der Waals surface area contributed by atoms with E-state index in [1.54, 1.807) is 0 Å². The molecule has 11 aromatic carbocycles. The van der Waals surface area contributed by atoms with Gasteiger partial charge < -0.3 is 4.57 Å². The minimum Gasteiger partial charge on any atom is -0.309 e. The number of aromatic nitrogens is 3. The average Bonchev–Trinajstić information content (AvgIpc) is 3.72. The summed E-state index contributed by atoms with van der Waals surface area (Å²) in [5, 5.41) is 9.66. The quantitative estimate of drug-likeness (QED) is 0.156. The summed E-state index contributed by atoms with van der Waals surface area (Å²) >= 11 is 0. The van der Waals surface area contributed by atoms with Gasteiger partial charge in [0.2, 0.25) is 0 Å². The van der Waals surface area contributed by atoms with Crippen LogP contribution in [0.1, 0.15) is 0 Å². The maximum absolute atomic E-state index is 5.21. The lowest BCUT2D eigenvalue weighted by atomic mass is 9.97. The molecule has 13 aromatic rings. The summed E-state index contributed by atoms with van der Waals surface area (Å²) in [5.74, 6) is 0. The number of hydrogen-bond acceptors (Lipinski definition) is 2. The Morgan fingerprint density at radius 1 is 0.277 bits per heavy atom. The summed E-state index contributed by atoms with van der Waals surface area (Å²) in [4.78, 5) is 10.2. The second kappa shape index (κ2) is 15.0. The average molecular weight is 826 g/mol. The minimum absolute atomic E-state index is 0.866. The first kappa shape index (κ1) is 36.9. The Balaban J connectivity index is 0.784. The van der Waals surface area contributed by atoms with E-state index < -0.39 is 0 Å². The van der Waals surface area contributed by atoms with Crippen LogP contribution in [0.3, 0.4) is 0 Å². The summed E-state index contributed by atoms with van der Waals surface area (Å²) in [5.41, 5.74) is 16.8. The molecule has 0 bridgehead atoms. The van der Waals surface area contributed by atoms with Crippen molar-refractivity contribution < 1.29 is 0 Å². The van der Waals surface area contributed by atoms with Crippen LogP contribution in [0, 0.1) is 0 Å². The van der Waals surface area contributed by atoms with E-state index in [1.807, 2.05) is 6.20 Å². The number of para-hydroxylation sites is 1. The largest absolute Gasteiger partial charge is 0.309 e. The molecule has 0 saturated carbocycles. The summed E-state index contributed by atoms with van der Waals surface area (Å²) < 4.78 is 2.39. The van der Waals surface area contributed by atoms with Crippen molar-refractivity contribution in [2.24, 2.45) is 0 Å². The molecule has 0 saturated heterocycles. The molecular formula is C62H39N3. The fourth-order valence-electron chi connectivity index (χ4n) is 9.93. The molecule has 2 aromatic heterocycles. The molecule has 0 aliphatic heterocycles. The molecule has 0 unspecified atom stereocenters. The summed E-state index contributed by atoms with van der Waals surface area (Å²) in [6.45, 7) is 0. The van der Waals surface area contributed by atoms with Gasteiger partial charge in [-0.2, -0.15) is 0 Å². The zero-order chi connectivity index (χ0) is 42.8. The van der Waals surface area contributed by atoms with Crippen LogP contribution < -0.4 is 0 Å². The Morgan fingerprint density at radius 3 is 1.43 bits per heavy atom. The van der Waals surface area contributed by atoms with Crippen molar-refractivity contribution in [1.82, 2.24) is 14.5 Å². The predicted octanol–water partition coefficient (Wildman–Crippen LogP) is 16.5. The first-order chi connectivity index (χ1) is 32.2. The van der Waals surface area contributed by atoms with Crippen LogP contribution in [-0.2, 0) is 0 Å². The van der Waals surface area contributed by atoms with Gasteiger partial charge in [-0.15, -0.1) is 0 Å². The monoisotopic (exact) mass is 825 g/mol. The Kier molecular flexibility index (Phi) is 8.53. The van der Waals surface area contributed by atoms with Gasteiger partial charge in [0.15, 0.2) is 0 Å². The highest BCUT2D eigenvalue weighted by atomic mass is 15.0. The normalized spacial score (nSPS) is 11.7. The maximum Gasteiger partial charge on any atom is 0.0979 e. The molecule has 0 spiro atoms. The van der Waals surface area contributed by atoms with E-state index in [2.05, 4.69) is 235 Å². The minimum atomic E-state index is 0.866. The third-order valence-corrected chi connectivity index (χ3v) is 13.2. The van der Waals surface area contributed by atoms with Gasteiger partial charge in [-0.05, 0) is 109 Å². The van der Waals surface area contributed by atoms with Crippen LogP contribution >= 0.6 is 0 Å². The fourth-order valence-corrected chi connectivity index (χ4v) is 9.93. The van der Waals surface area contributed by atoms with Gasteiger partial charge in [0.25, 0.3) is 0 Å². The summed E-state index contributed by atoms with van der Waals surface area (Å²) in [6, 6.07) is 83.3. The van der Waals surface area contributed by atoms with Gasteiger partial charge in [-0.1, -0.05) is 188 Å². The van der Waals surface area contributed by atoms with Gasteiger partial charge in [-0.25, -0.2) is 4.98 Å². The molecule has 65 heavy (non-hydrogen) atoms. The molecule has 0 atom stereocenters. The number of fused-ring (bicyclic) bond motifs is 10. The zero-order valence-electron chi connectivity index (χ0n) is 35.4. The molecular weight excluding hydrogens is 787 g/mol. The van der Waals surface area contributed by atoms with E-state index in [-0.39, 0.29) is 0 Å². The topological polar surface area (TPSA) is 30.7 Å². The Hall–Kier alpha value is -8.66. The Morgan fingerprint density at radius 2 is 0.754 bits per heavy atom. The highest BCUT2D eigenvalue weighted by Crippen LogP contribution is 2.38. The van der Waals surface area contributed by atoms with Crippen molar-refractivity contribution >= 4 is 65.2 Å². The van der Waals surface area contributed by atoms with Crippen LogP contribution in [0.2, 0.25) is 0 Å². The molecule has 2 heterocycles. The van der Waals surface area contributed by atoms with Crippen LogP contribution in [0.25, 0.3) is 127 Å². The van der Waals surface area contributed by atoms with E-state index in [9.17, 15) is 0 Å². The third-order valence-electron chi connectivity index (χ3n) is 13.2. The number of hydrogen-bond donors (Lipinski definition) is 0. The number of nitrogens with zero attached hydrogens (tertiary/aromatic N) is 3. The lowest BCUT2D eigenvalue weighted by molar-refractivity contribution is 1.18. The van der Waals surface area contributed by atoms with E-state index in [4.69, 9.17) is 9.97 Å². The summed E-state index contributed by atoms with van der Waals surface area (Å²) in [7, 11) is 0. The smallest absolute Gasteiger partial charge is 0.0979 e. The number of rotatable bonds is 6. The van der Waals surface area contributed by atoms with Gasteiger partial charge >= 0.3 is 0 Å². The standard InChI is InChI=1S/C62H39N3/c1-2-11-46-37-49(29-26-40(46)10-1)42-20-22-43(23-21-42)50-32-35-60-57(38-50)54-16-7-8-19-59(54)65(60)51-33-30-44(31-34-51)48-13-9-12-47(36-48)41-24-27-45(28-25-41)58-39-63-61-55-17-5-3-14-52(55)53-15-4-6-18-56(53)62(61)64-58/h1-39H. The fraction of sp³-hybridized carbons (Fsp3) is 0. The van der Waals surface area contributed by atoms with E-state index in [0.29, 0.717) is 0 Å². The highest BCUT2D eigenvalue weighted by Gasteiger charge is 2.15. The molecule has 302 valence electrons. The van der Waals surface area contributed by atoms with Crippen molar-refractivity contribution in [2.45, 2.75) is 0 Å². The molecule has 13 rings (SSSR count). The molecule has 0 aliphatic carbocycles. The molecule has 0 N–H and O–H groups in total. The van der Waals surface area contributed by atoms with Crippen LogP contribution in [0.4, 0.5) is 0 Å². The summed E-state index contributed by atoms with van der Waals surface area (Å²) in [6.07, 6.45) is 1.91. The highest BCUT2D eigenvalue weighted by molar-refractivity contribution is 6.23. The molecule has 0 aliphatic rings. The van der Waals surface area contributed by atoms with Crippen molar-refractivity contribution in [2.75, 3.05) is 0 Å². The van der Waals surface area contributed by atoms with Crippen molar-refractivity contribution in [3.63, 3.8) is 0 Å². The first-order valence-electron chi connectivity index (χ1n) is 22.2. The van der Waals surface area contributed by atoms with E-state index in [0.717, 1.165) is 44.3 Å². The lowest BCUT2D eigenvalue weighted by Crippen LogP contribution is -1.94. The molecule has 3 nitrogen and oxygen atoms in total. The Bertz CT molecular complexity index is 3940. The van der Waals surface area contributed by atoms with Crippen LogP contribution in [-0.4, -0.2) is 14.5 Å². The van der Waals surface area contributed by atoms with Gasteiger partial charge in [-0.3, -0.25) is 4.98 Å². The van der Waals surface area contributed by atoms with Crippen molar-refractivity contribution in [3.8, 4) is 61.5 Å². The van der Waals surface area contributed by atoms with Crippen molar-refractivity contribution in [3.05, 3.63) is 237 Å². The molecule has 0 radical (unpaired) electrons. The predicted molar refractivity (Wildman–Crippen MR) is 274 cm³/mol. The Labute approximate surface area is 376 Å². The van der Waals surface area contributed by atoms with Gasteiger partial charge in [0.1, 0.15) is 0 Å². The lowest BCUT2D eigenvalue weighted by Gasteiger charge is -2.11. The molecule has 3 heteroatoms.